The normalized spacial score (nSPS) is 17.0. The Kier molecular flexibility index (Phi) is 3.99. The fraction of sp³-hybridized carbons (Fsp3) is 0.529. The molecule has 1 atom stereocenters. The third kappa shape index (κ3) is 3.08. The van der Waals surface area contributed by atoms with Gasteiger partial charge in [0, 0.05) is 13.1 Å². The molecule has 0 saturated carbocycles. The highest BCUT2D eigenvalue weighted by Crippen LogP contribution is 2.31. The number of hydrogen-bond acceptors (Lipinski definition) is 4. The van der Waals surface area contributed by atoms with Gasteiger partial charge >= 0.3 is 6.09 Å². The summed E-state index contributed by atoms with van der Waals surface area (Å²) in [4.78, 5) is 18.2. The molecule has 2 heterocycles. The van der Waals surface area contributed by atoms with Crippen LogP contribution >= 0.6 is 0 Å². The number of nitrogens with two attached hydrogens (primary N) is 1. The predicted molar refractivity (Wildman–Crippen MR) is 89.1 cm³/mol. The largest absolute Gasteiger partial charge is 0.444 e. The van der Waals surface area contributed by atoms with E-state index in [0.717, 1.165) is 0 Å². The average molecular weight is 334 g/mol. The van der Waals surface area contributed by atoms with E-state index >= 15 is 0 Å². The zero-order chi connectivity index (χ0) is 17.6. The number of imidazole rings is 1. The molecule has 1 fully saturated rings. The van der Waals surface area contributed by atoms with E-state index in [1.54, 1.807) is 11.0 Å². The Morgan fingerprint density at radius 3 is 2.67 bits per heavy atom. The van der Waals surface area contributed by atoms with E-state index < -0.39 is 5.60 Å². The van der Waals surface area contributed by atoms with Crippen molar-refractivity contribution in [3.63, 3.8) is 0 Å². The van der Waals surface area contributed by atoms with Gasteiger partial charge in [-0.2, -0.15) is 0 Å². The molecule has 2 N–H and O–H groups in total. The fourth-order valence-corrected chi connectivity index (χ4v) is 2.88. The molecule has 1 aliphatic rings. The van der Waals surface area contributed by atoms with Crippen LogP contribution in [0.2, 0.25) is 0 Å². The SMILES string of the molecule is CC(N)c1nc2ccc(F)cc2n1C1CN(C(=O)OC(C)(C)C)C1. The summed E-state index contributed by atoms with van der Waals surface area (Å²) in [7, 11) is 0. The van der Waals surface area contributed by atoms with Gasteiger partial charge in [-0.15, -0.1) is 0 Å². The number of fused-ring (bicyclic) bond motifs is 1. The number of ether oxygens (including phenoxy) is 1. The number of carbonyl (C=O) groups excluding carboxylic acids is 1. The van der Waals surface area contributed by atoms with E-state index in [-0.39, 0.29) is 24.0 Å². The lowest BCUT2D eigenvalue weighted by Gasteiger charge is -2.41. The summed E-state index contributed by atoms with van der Waals surface area (Å²) in [5.41, 5.74) is 6.92. The van der Waals surface area contributed by atoms with Crippen LogP contribution in [0.25, 0.3) is 11.0 Å². The van der Waals surface area contributed by atoms with Gasteiger partial charge < -0.3 is 19.9 Å². The van der Waals surface area contributed by atoms with E-state index in [2.05, 4.69) is 4.98 Å². The van der Waals surface area contributed by atoms with Crippen molar-refractivity contribution in [2.75, 3.05) is 13.1 Å². The Hall–Kier alpha value is -2.15. The van der Waals surface area contributed by atoms with Gasteiger partial charge in [-0.05, 0) is 45.9 Å². The Morgan fingerprint density at radius 1 is 1.42 bits per heavy atom. The van der Waals surface area contributed by atoms with Crippen molar-refractivity contribution < 1.29 is 13.9 Å². The molecule has 3 rings (SSSR count). The highest BCUT2D eigenvalue weighted by atomic mass is 19.1. The Labute approximate surface area is 140 Å². The molecule has 1 amide bonds. The minimum absolute atomic E-state index is 0.0188. The number of hydrogen-bond donors (Lipinski definition) is 1. The van der Waals surface area contributed by atoms with Crippen LogP contribution in [-0.4, -0.2) is 39.2 Å². The number of aromatic nitrogens is 2. The number of rotatable bonds is 2. The molecular weight excluding hydrogens is 311 g/mol. The maximum atomic E-state index is 13.6. The summed E-state index contributed by atoms with van der Waals surface area (Å²) in [5.74, 6) is 0.382. The molecule has 24 heavy (non-hydrogen) atoms. The number of carbonyl (C=O) groups is 1. The van der Waals surface area contributed by atoms with Crippen LogP contribution in [-0.2, 0) is 4.74 Å². The third-order valence-electron chi connectivity index (χ3n) is 3.97. The smallest absolute Gasteiger partial charge is 0.410 e. The second-order valence-electron chi connectivity index (χ2n) is 7.30. The molecule has 1 unspecified atom stereocenters. The molecule has 2 aromatic rings. The van der Waals surface area contributed by atoms with Crippen LogP contribution in [0.15, 0.2) is 18.2 Å². The summed E-state index contributed by atoms with van der Waals surface area (Å²) < 4.78 is 21.0. The fourth-order valence-electron chi connectivity index (χ4n) is 2.88. The molecule has 0 bridgehead atoms. The summed E-state index contributed by atoms with van der Waals surface area (Å²) in [6.07, 6.45) is -0.336. The molecule has 0 spiro atoms. The van der Waals surface area contributed by atoms with E-state index in [0.29, 0.717) is 29.9 Å². The number of benzene rings is 1. The van der Waals surface area contributed by atoms with E-state index in [9.17, 15) is 9.18 Å². The van der Waals surface area contributed by atoms with Crippen LogP contribution in [0.4, 0.5) is 9.18 Å². The van der Waals surface area contributed by atoms with Gasteiger partial charge in [0.1, 0.15) is 17.2 Å². The summed E-state index contributed by atoms with van der Waals surface area (Å²) in [6, 6.07) is 4.24. The lowest BCUT2D eigenvalue weighted by molar-refractivity contribution is 0.00112. The predicted octanol–water partition coefficient (Wildman–Crippen LogP) is 2.99. The first-order valence-corrected chi connectivity index (χ1v) is 8.06. The van der Waals surface area contributed by atoms with Crippen molar-refractivity contribution in [1.82, 2.24) is 14.5 Å². The van der Waals surface area contributed by atoms with Gasteiger partial charge in [0.15, 0.2) is 0 Å². The molecule has 0 radical (unpaired) electrons. The average Bonchev–Trinajstić information content (AvgIpc) is 2.74. The second kappa shape index (κ2) is 5.73. The quantitative estimate of drug-likeness (QED) is 0.916. The van der Waals surface area contributed by atoms with E-state index in [4.69, 9.17) is 10.5 Å². The van der Waals surface area contributed by atoms with E-state index in [1.807, 2.05) is 32.3 Å². The molecule has 1 aromatic carbocycles. The van der Waals surface area contributed by atoms with Crippen LogP contribution in [0.3, 0.4) is 0 Å². The lowest BCUT2D eigenvalue weighted by atomic mass is 10.1. The zero-order valence-electron chi connectivity index (χ0n) is 14.4. The molecule has 1 saturated heterocycles. The van der Waals surface area contributed by atoms with Crippen LogP contribution in [0.1, 0.15) is 45.6 Å². The van der Waals surface area contributed by atoms with Gasteiger partial charge in [-0.3, -0.25) is 0 Å². The number of amides is 1. The molecular formula is C17H23FN4O2. The monoisotopic (exact) mass is 334 g/mol. The highest BCUT2D eigenvalue weighted by molar-refractivity contribution is 5.77. The van der Waals surface area contributed by atoms with Gasteiger partial charge in [-0.1, -0.05) is 0 Å². The topological polar surface area (TPSA) is 73.4 Å². The van der Waals surface area contributed by atoms with Crippen molar-refractivity contribution >= 4 is 17.1 Å². The Morgan fingerprint density at radius 2 is 2.08 bits per heavy atom. The third-order valence-corrected chi connectivity index (χ3v) is 3.97. The van der Waals surface area contributed by atoms with Crippen molar-refractivity contribution in [3.05, 3.63) is 29.8 Å². The minimum atomic E-state index is -0.524. The maximum Gasteiger partial charge on any atom is 0.410 e. The van der Waals surface area contributed by atoms with Gasteiger partial charge in [-0.25, -0.2) is 14.2 Å². The number of halogens is 1. The standard InChI is InChI=1S/C17H23FN4O2/c1-10(19)15-20-13-6-5-11(18)7-14(13)22(15)12-8-21(9-12)16(23)24-17(2,3)4/h5-7,10,12H,8-9,19H2,1-4H3. The lowest BCUT2D eigenvalue weighted by Crippen LogP contribution is -2.52. The molecule has 7 heteroatoms. The molecule has 1 aromatic heterocycles. The number of likely N-dealkylation sites (tertiary alicyclic amines) is 1. The van der Waals surface area contributed by atoms with Crippen molar-refractivity contribution in [2.24, 2.45) is 5.73 Å². The molecule has 1 aliphatic heterocycles. The van der Waals surface area contributed by atoms with Gasteiger partial charge in [0.25, 0.3) is 0 Å². The van der Waals surface area contributed by atoms with Crippen molar-refractivity contribution in [1.29, 1.82) is 0 Å². The minimum Gasteiger partial charge on any atom is -0.444 e. The molecule has 6 nitrogen and oxygen atoms in total. The van der Waals surface area contributed by atoms with Gasteiger partial charge in [0.2, 0.25) is 0 Å². The van der Waals surface area contributed by atoms with Crippen molar-refractivity contribution in [2.45, 2.75) is 45.4 Å². The molecule has 130 valence electrons. The van der Waals surface area contributed by atoms with Crippen LogP contribution < -0.4 is 5.73 Å². The first-order chi connectivity index (χ1) is 11.2. The maximum absolute atomic E-state index is 13.6. The summed E-state index contributed by atoms with van der Waals surface area (Å²) >= 11 is 0. The van der Waals surface area contributed by atoms with Crippen LogP contribution in [0.5, 0.6) is 0 Å². The second-order valence-corrected chi connectivity index (χ2v) is 7.30. The number of nitrogens with zero attached hydrogens (tertiary/aromatic N) is 3. The summed E-state index contributed by atoms with van der Waals surface area (Å²) in [6.45, 7) is 8.35. The molecule has 0 aliphatic carbocycles. The summed E-state index contributed by atoms with van der Waals surface area (Å²) in [5, 5.41) is 0. The Bertz CT molecular complexity index is 773. The Balaban J connectivity index is 1.85. The first kappa shape index (κ1) is 16.7. The highest BCUT2D eigenvalue weighted by Gasteiger charge is 2.37. The van der Waals surface area contributed by atoms with Gasteiger partial charge in [0.05, 0.1) is 23.1 Å². The zero-order valence-corrected chi connectivity index (χ0v) is 14.4. The van der Waals surface area contributed by atoms with Crippen molar-refractivity contribution in [3.8, 4) is 0 Å². The van der Waals surface area contributed by atoms with Crippen LogP contribution in [0, 0.1) is 5.82 Å². The van der Waals surface area contributed by atoms with E-state index in [1.165, 1.54) is 12.1 Å². The first-order valence-electron chi connectivity index (χ1n) is 8.06.